The Hall–Kier alpha value is -1.02. The van der Waals surface area contributed by atoms with Crippen LogP contribution in [0.3, 0.4) is 0 Å². The molecule has 1 unspecified atom stereocenters. The predicted octanol–water partition coefficient (Wildman–Crippen LogP) is 0.252. The van der Waals surface area contributed by atoms with E-state index in [-0.39, 0.29) is 35.5 Å². The third-order valence-corrected chi connectivity index (χ3v) is 4.76. The van der Waals surface area contributed by atoms with Gasteiger partial charge >= 0.3 is 5.97 Å². The Morgan fingerprint density at radius 2 is 2.11 bits per heavy atom. The molecule has 1 fully saturated rings. The van der Waals surface area contributed by atoms with Gasteiger partial charge in [0.2, 0.25) is 5.91 Å². The van der Waals surface area contributed by atoms with E-state index < -0.39 is 17.3 Å². The van der Waals surface area contributed by atoms with Crippen molar-refractivity contribution in [1.29, 1.82) is 0 Å². The number of aliphatic carboxylic acids is 1. The summed E-state index contributed by atoms with van der Waals surface area (Å²) in [7, 11) is 0. The number of amides is 1. The zero-order valence-corrected chi connectivity index (χ0v) is 12.3. The highest BCUT2D eigenvalue weighted by Crippen LogP contribution is 2.22. The lowest BCUT2D eigenvalue weighted by Crippen LogP contribution is -2.45. The molecule has 1 N–H and O–H groups in total. The molecule has 0 aliphatic carbocycles. The van der Waals surface area contributed by atoms with Gasteiger partial charge in [0.25, 0.3) is 0 Å². The molecule has 8 heteroatoms. The summed E-state index contributed by atoms with van der Waals surface area (Å²) < 4.78 is 0. The molecule has 0 aromatic heterocycles. The van der Waals surface area contributed by atoms with E-state index in [1.165, 1.54) is 18.7 Å². The van der Waals surface area contributed by atoms with Crippen LogP contribution in [0.4, 0.5) is 0 Å². The fourth-order valence-corrected chi connectivity index (χ4v) is 3.37. The predicted molar refractivity (Wildman–Crippen MR) is 73.2 cm³/mol. The molecule has 19 heavy (non-hydrogen) atoms. The molecule has 0 spiro atoms. The van der Waals surface area contributed by atoms with E-state index in [9.17, 15) is 19.2 Å². The molecule has 0 aromatic rings. The largest absolute Gasteiger partial charge is 0.480 e. The Morgan fingerprint density at radius 1 is 1.47 bits per heavy atom. The lowest BCUT2D eigenvalue weighted by molar-refractivity contribution is -0.147. The lowest BCUT2D eigenvalue weighted by Gasteiger charge is -2.24. The second kappa shape index (κ2) is 6.95. The normalized spacial score (nSPS) is 20.4. The van der Waals surface area contributed by atoms with Crippen molar-refractivity contribution in [3.8, 4) is 0 Å². The SMILES string of the molecule is CSC(CSC(C)=O)C(=O)N1CC(=O)C[C@H]1C(=O)O. The quantitative estimate of drug-likeness (QED) is 0.778. The smallest absolute Gasteiger partial charge is 0.326 e. The molecule has 6 nitrogen and oxygen atoms in total. The van der Waals surface area contributed by atoms with Crippen molar-refractivity contribution >= 4 is 46.3 Å². The molecule has 0 radical (unpaired) electrons. The zero-order chi connectivity index (χ0) is 14.6. The summed E-state index contributed by atoms with van der Waals surface area (Å²) in [4.78, 5) is 46.6. The van der Waals surface area contributed by atoms with Crippen LogP contribution in [0.1, 0.15) is 13.3 Å². The zero-order valence-electron chi connectivity index (χ0n) is 10.6. The molecule has 1 aliphatic heterocycles. The van der Waals surface area contributed by atoms with Crippen LogP contribution in [-0.4, -0.2) is 62.6 Å². The van der Waals surface area contributed by atoms with Crippen molar-refractivity contribution in [2.75, 3.05) is 18.6 Å². The average Bonchev–Trinajstić information content (AvgIpc) is 2.71. The van der Waals surface area contributed by atoms with Crippen molar-refractivity contribution in [3.05, 3.63) is 0 Å². The van der Waals surface area contributed by atoms with Crippen LogP contribution in [0.15, 0.2) is 0 Å². The standard InChI is InChI=1S/C11H15NO5S2/c1-6(13)19-5-9(18-2)10(15)12-4-7(14)3-8(12)11(16)17/h8-9H,3-5H2,1-2H3,(H,16,17)/t8-,9?/m0/s1. The van der Waals surface area contributed by atoms with Crippen molar-refractivity contribution in [3.63, 3.8) is 0 Å². The van der Waals surface area contributed by atoms with Crippen LogP contribution < -0.4 is 0 Å². The Labute approximate surface area is 119 Å². The van der Waals surface area contributed by atoms with Gasteiger partial charge in [0.15, 0.2) is 10.9 Å². The van der Waals surface area contributed by atoms with Crippen LogP contribution >= 0.6 is 23.5 Å². The Bertz CT molecular complexity index is 412. The Morgan fingerprint density at radius 3 is 2.58 bits per heavy atom. The topological polar surface area (TPSA) is 91.8 Å². The van der Waals surface area contributed by atoms with E-state index in [1.807, 2.05) is 0 Å². The highest BCUT2D eigenvalue weighted by Gasteiger charge is 2.40. The number of ketones is 1. The van der Waals surface area contributed by atoms with E-state index in [0.717, 1.165) is 16.7 Å². The first-order chi connectivity index (χ1) is 8.86. The number of Topliss-reactive ketones (excluding diaryl/α,β-unsaturated/α-hetero) is 1. The number of carboxylic acids is 1. The number of hydrogen-bond donors (Lipinski definition) is 1. The first kappa shape index (κ1) is 16.0. The number of hydrogen-bond acceptors (Lipinski definition) is 6. The second-order valence-corrected chi connectivity index (χ2v) is 6.33. The summed E-state index contributed by atoms with van der Waals surface area (Å²) in [5.41, 5.74) is 0. The van der Waals surface area contributed by atoms with Crippen molar-refractivity contribution in [1.82, 2.24) is 4.90 Å². The fraction of sp³-hybridized carbons (Fsp3) is 0.636. The van der Waals surface area contributed by atoms with Crippen LogP contribution in [0.25, 0.3) is 0 Å². The first-order valence-corrected chi connectivity index (χ1v) is 7.85. The van der Waals surface area contributed by atoms with Gasteiger partial charge in [0, 0.05) is 19.1 Å². The van der Waals surface area contributed by atoms with E-state index in [4.69, 9.17) is 5.11 Å². The minimum absolute atomic E-state index is 0.0980. The van der Waals surface area contributed by atoms with Gasteiger partial charge < -0.3 is 10.0 Å². The molecule has 1 amide bonds. The molecule has 2 atom stereocenters. The molecule has 1 saturated heterocycles. The van der Waals surface area contributed by atoms with Gasteiger partial charge in [-0.05, 0) is 6.26 Å². The first-order valence-electron chi connectivity index (χ1n) is 5.58. The average molecular weight is 305 g/mol. The van der Waals surface area contributed by atoms with Crippen LogP contribution in [-0.2, 0) is 19.2 Å². The summed E-state index contributed by atoms with van der Waals surface area (Å²) in [6.45, 7) is 1.25. The van der Waals surface area contributed by atoms with Gasteiger partial charge in [-0.15, -0.1) is 0 Å². The maximum atomic E-state index is 12.2. The third kappa shape index (κ3) is 4.24. The summed E-state index contributed by atoms with van der Waals surface area (Å²) >= 11 is 2.28. The van der Waals surface area contributed by atoms with Gasteiger partial charge in [-0.25, -0.2) is 4.79 Å². The number of carboxylic acid groups (broad SMARTS) is 1. The van der Waals surface area contributed by atoms with Crippen molar-refractivity contribution < 1.29 is 24.3 Å². The summed E-state index contributed by atoms with van der Waals surface area (Å²) in [5.74, 6) is -1.52. The Balaban J connectivity index is 2.75. The monoisotopic (exact) mass is 305 g/mol. The lowest BCUT2D eigenvalue weighted by atomic mass is 10.2. The highest BCUT2D eigenvalue weighted by molar-refractivity contribution is 8.14. The molecule has 0 aromatic carbocycles. The fourth-order valence-electron chi connectivity index (χ4n) is 1.76. The molecule has 1 aliphatic rings. The number of rotatable bonds is 5. The molecule has 1 heterocycles. The maximum absolute atomic E-state index is 12.2. The minimum Gasteiger partial charge on any atom is -0.480 e. The van der Waals surface area contributed by atoms with Crippen LogP contribution in [0.5, 0.6) is 0 Å². The highest BCUT2D eigenvalue weighted by atomic mass is 32.2. The number of carbonyl (C=O) groups excluding carboxylic acids is 3. The maximum Gasteiger partial charge on any atom is 0.326 e. The number of thioether (sulfide) groups is 2. The summed E-state index contributed by atoms with van der Waals surface area (Å²) in [6, 6.07) is -1.07. The second-order valence-electron chi connectivity index (χ2n) is 4.09. The van der Waals surface area contributed by atoms with Crippen molar-refractivity contribution in [2.45, 2.75) is 24.6 Å². The molecule has 1 rings (SSSR count). The van der Waals surface area contributed by atoms with E-state index in [0.29, 0.717) is 0 Å². The van der Waals surface area contributed by atoms with Gasteiger partial charge in [0.05, 0.1) is 11.8 Å². The molecule has 106 valence electrons. The van der Waals surface area contributed by atoms with Crippen LogP contribution in [0, 0.1) is 0 Å². The molecule has 0 saturated carbocycles. The van der Waals surface area contributed by atoms with Gasteiger partial charge in [-0.1, -0.05) is 11.8 Å². The molecular formula is C11H15NO5S2. The van der Waals surface area contributed by atoms with E-state index >= 15 is 0 Å². The van der Waals surface area contributed by atoms with Crippen LogP contribution in [0.2, 0.25) is 0 Å². The Kier molecular flexibility index (Phi) is 5.86. The van der Waals surface area contributed by atoms with Gasteiger partial charge in [-0.3, -0.25) is 14.4 Å². The number of likely N-dealkylation sites (tertiary alicyclic amines) is 1. The third-order valence-electron chi connectivity index (χ3n) is 2.71. The molecule has 0 bridgehead atoms. The van der Waals surface area contributed by atoms with E-state index in [2.05, 4.69) is 0 Å². The number of nitrogens with zero attached hydrogens (tertiary/aromatic N) is 1. The van der Waals surface area contributed by atoms with Crippen molar-refractivity contribution in [2.24, 2.45) is 0 Å². The van der Waals surface area contributed by atoms with Gasteiger partial charge in [0.1, 0.15) is 6.04 Å². The minimum atomic E-state index is -1.17. The summed E-state index contributed by atoms with van der Waals surface area (Å²) in [5, 5.41) is 8.40. The number of carbonyl (C=O) groups is 4. The van der Waals surface area contributed by atoms with Gasteiger partial charge in [-0.2, -0.15) is 11.8 Å². The van der Waals surface area contributed by atoms with E-state index in [1.54, 1.807) is 6.26 Å². The summed E-state index contributed by atoms with van der Waals surface area (Å²) in [6.07, 6.45) is 1.58. The molecular weight excluding hydrogens is 290 g/mol.